The second-order valence-corrected chi connectivity index (χ2v) is 3.87. The van der Waals surface area contributed by atoms with Crippen LogP contribution in [0, 0.1) is 0 Å². The van der Waals surface area contributed by atoms with E-state index in [-0.39, 0.29) is 5.56 Å². The minimum Gasteiger partial charge on any atom is -0.548 e. The van der Waals surface area contributed by atoms with Crippen LogP contribution in [0.15, 0.2) is 24.3 Å². The number of amides is 1. The highest BCUT2D eigenvalue weighted by atomic mass is 16.5. The van der Waals surface area contributed by atoms with Crippen LogP contribution in [0.25, 0.3) is 0 Å². The van der Waals surface area contributed by atoms with E-state index >= 15 is 0 Å². The number of benzene rings is 1. The van der Waals surface area contributed by atoms with Gasteiger partial charge in [0, 0.05) is 0 Å². The van der Waals surface area contributed by atoms with E-state index in [1.807, 2.05) is 6.92 Å². The lowest BCUT2D eigenvalue weighted by atomic mass is 10.1. The lowest BCUT2D eigenvalue weighted by Gasteiger charge is -2.18. The van der Waals surface area contributed by atoms with Gasteiger partial charge in [0.05, 0.1) is 30.8 Å². The van der Waals surface area contributed by atoms with E-state index in [0.29, 0.717) is 12.4 Å². The van der Waals surface area contributed by atoms with Crippen LogP contribution in [-0.2, 0) is 4.79 Å². The molecule has 0 spiro atoms. The van der Waals surface area contributed by atoms with E-state index in [9.17, 15) is 14.7 Å². The van der Waals surface area contributed by atoms with E-state index in [0.717, 1.165) is 6.42 Å². The van der Waals surface area contributed by atoms with Crippen molar-refractivity contribution in [2.75, 3.05) is 13.2 Å². The quantitative estimate of drug-likeness (QED) is 0.681. The first-order valence-electron chi connectivity index (χ1n) is 5.94. The Balaban J connectivity index is 2.83. The molecule has 1 aromatic rings. The number of aliphatic hydroxyl groups is 1. The van der Waals surface area contributed by atoms with Gasteiger partial charge in [-0.1, -0.05) is 19.1 Å². The maximum absolute atomic E-state index is 11.9. The Morgan fingerprint density at radius 2 is 2.11 bits per heavy atom. The van der Waals surface area contributed by atoms with Gasteiger partial charge in [-0.3, -0.25) is 4.79 Å². The highest BCUT2D eigenvalue weighted by Gasteiger charge is 2.17. The van der Waals surface area contributed by atoms with Gasteiger partial charge in [-0.05, 0) is 18.6 Å². The standard InChI is InChI=1S/C13H17NO5/c1-2-7-19-11-6-4-3-5-9(11)12(16)14-10(8-15)13(17)18/h3-6,10,15H,2,7-8H2,1H3,(H,14,16)(H,17,18)/p-1/t10-/m0/s1. The summed E-state index contributed by atoms with van der Waals surface area (Å²) < 4.78 is 5.40. The average molecular weight is 266 g/mol. The lowest BCUT2D eigenvalue weighted by molar-refractivity contribution is -0.308. The third-order valence-electron chi connectivity index (χ3n) is 2.37. The number of aliphatic hydroxyl groups excluding tert-OH is 1. The molecule has 0 heterocycles. The van der Waals surface area contributed by atoms with E-state index in [4.69, 9.17) is 9.84 Å². The fraction of sp³-hybridized carbons (Fsp3) is 0.385. The van der Waals surface area contributed by atoms with E-state index in [1.54, 1.807) is 18.2 Å². The summed E-state index contributed by atoms with van der Waals surface area (Å²) in [5.74, 6) is -1.80. The largest absolute Gasteiger partial charge is 0.548 e. The van der Waals surface area contributed by atoms with Crippen LogP contribution >= 0.6 is 0 Å². The first-order valence-corrected chi connectivity index (χ1v) is 5.94. The van der Waals surface area contributed by atoms with Gasteiger partial charge < -0.3 is 25.1 Å². The Hall–Kier alpha value is -2.08. The molecule has 1 amide bonds. The number of ether oxygens (including phenoxy) is 1. The molecule has 0 fully saturated rings. The molecule has 0 aliphatic rings. The molecule has 1 aromatic carbocycles. The molecule has 6 heteroatoms. The first kappa shape index (κ1) is 15.0. The summed E-state index contributed by atoms with van der Waals surface area (Å²) in [5.41, 5.74) is 0.218. The van der Waals surface area contributed by atoms with Crippen molar-refractivity contribution >= 4 is 11.9 Å². The van der Waals surface area contributed by atoms with Gasteiger partial charge in [0.15, 0.2) is 0 Å². The summed E-state index contributed by atoms with van der Waals surface area (Å²) >= 11 is 0. The number of aliphatic carboxylic acids is 1. The number of carboxylic acids is 1. The van der Waals surface area contributed by atoms with Crippen molar-refractivity contribution in [1.82, 2.24) is 5.32 Å². The van der Waals surface area contributed by atoms with Gasteiger partial charge in [-0.25, -0.2) is 0 Å². The van der Waals surface area contributed by atoms with Gasteiger partial charge in [-0.15, -0.1) is 0 Å². The van der Waals surface area contributed by atoms with Crippen molar-refractivity contribution in [1.29, 1.82) is 0 Å². The molecule has 0 bridgehead atoms. The SMILES string of the molecule is CCCOc1ccccc1C(=O)N[C@@H](CO)C(=O)[O-]. The highest BCUT2D eigenvalue weighted by Crippen LogP contribution is 2.18. The predicted octanol–water partition coefficient (Wildman–Crippen LogP) is -0.684. The molecular formula is C13H16NO5-. The minimum absolute atomic E-state index is 0.218. The van der Waals surface area contributed by atoms with E-state index < -0.39 is 24.5 Å². The topological polar surface area (TPSA) is 98.7 Å². The maximum Gasteiger partial charge on any atom is 0.255 e. The number of carbonyl (C=O) groups excluding carboxylic acids is 2. The number of para-hydroxylation sites is 1. The molecule has 0 saturated carbocycles. The van der Waals surface area contributed by atoms with E-state index in [1.165, 1.54) is 6.07 Å². The number of rotatable bonds is 7. The van der Waals surface area contributed by atoms with E-state index in [2.05, 4.69) is 5.32 Å². The number of hydrogen-bond acceptors (Lipinski definition) is 5. The Morgan fingerprint density at radius 3 is 2.68 bits per heavy atom. The summed E-state index contributed by atoms with van der Waals surface area (Å²) in [6.07, 6.45) is 0.786. The molecule has 0 saturated heterocycles. The van der Waals surface area contributed by atoms with Crippen LogP contribution in [0.2, 0.25) is 0 Å². The molecule has 19 heavy (non-hydrogen) atoms. The molecular weight excluding hydrogens is 250 g/mol. The zero-order valence-corrected chi connectivity index (χ0v) is 10.6. The van der Waals surface area contributed by atoms with Crippen molar-refractivity contribution < 1.29 is 24.5 Å². The van der Waals surface area contributed by atoms with Crippen molar-refractivity contribution in [3.63, 3.8) is 0 Å². The van der Waals surface area contributed by atoms with Crippen LogP contribution in [-0.4, -0.2) is 36.2 Å². The maximum atomic E-state index is 11.9. The summed E-state index contributed by atoms with van der Waals surface area (Å²) in [4.78, 5) is 22.5. The molecule has 6 nitrogen and oxygen atoms in total. The molecule has 0 unspecified atom stereocenters. The molecule has 0 aliphatic heterocycles. The predicted molar refractivity (Wildman–Crippen MR) is 65.6 cm³/mol. The summed E-state index contributed by atoms with van der Waals surface area (Å²) in [5, 5.41) is 21.6. The molecule has 0 aliphatic carbocycles. The van der Waals surface area contributed by atoms with Crippen LogP contribution in [0.3, 0.4) is 0 Å². The monoisotopic (exact) mass is 266 g/mol. The summed E-state index contributed by atoms with van der Waals surface area (Å²) in [6.45, 7) is 1.65. The minimum atomic E-state index is -1.54. The molecule has 1 atom stereocenters. The number of carboxylic acid groups (broad SMARTS) is 1. The first-order chi connectivity index (χ1) is 9.10. The van der Waals surface area contributed by atoms with Crippen molar-refractivity contribution in [2.24, 2.45) is 0 Å². The normalized spacial score (nSPS) is 11.7. The number of hydrogen-bond donors (Lipinski definition) is 2. The molecule has 0 aromatic heterocycles. The Bertz CT molecular complexity index is 446. The fourth-order valence-electron chi connectivity index (χ4n) is 1.41. The van der Waals surface area contributed by atoms with Crippen LogP contribution in [0.5, 0.6) is 5.75 Å². The van der Waals surface area contributed by atoms with Crippen LogP contribution < -0.4 is 15.2 Å². The fourth-order valence-corrected chi connectivity index (χ4v) is 1.41. The zero-order valence-electron chi connectivity index (χ0n) is 10.6. The van der Waals surface area contributed by atoms with Crippen molar-refractivity contribution in [3.05, 3.63) is 29.8 Å². The second kappa shape index (κ2) is 7.38. The Labute approximate surface area is 111 Å². The molecule has 2 N–H and O–H groups in total. The van der Waals surface area contributed by atoms with Gasteiger partial charge in [0.25, 0.3) is 5.91 Å². The molecule has 1 rings (SSSR count). The second-order valence-electron chi connectivity index (χ2n) is 3.87. The third kappa shape index (κ3) is 4.26. The average Bonchev–Trinajstić information content (AvgIpc) is 2.42. The van der Waals surface area contributed by atoms with Crippen molar-refractivity contribution in [2.45, 2.75) is 19.4 Å². The van der Waals surface area contributed by atoms with Gasteiger partial charge in [-0.2, -0.15) is 0 Å². The number of carbonyl (C=O) groups is 2. The van der Waals surface area contributed by atoms with Crippen LogP contribution in [0.4, 0.5) is 0 Å². The highest BCUT2D eigenvalue weighted by molar-refractivity contribution is 5.98. The van der Waals surface area contributed by atoms with Gasteiger partial charge in [0.2, 0.25) is 0 Å². The molecule has 0 radical (unpaired) electrons. The van der Waals surface area contributed by atoms with Gasteiger partial charge >= 0.3 is 0 Å². The molecule has 104 valence electrons. The van der Waals surface area contributed by atoms with Gasteiger partial charge in [0.1, 0.15) is 5.75 Å². The third-order valence-corrected chi connectivity index (χ3v) is 2.37. The smallest absolute Gasteiger partial charge is 0.255 e. The van der Waals surface area contributed by atoms with Crippen LogP contribution in [0.1, 0.15) is 23.7 Å². The zero-order chi connectivity index (χ0) is 14.3. The van der Waals surface area contributed by atoms with Crippen molar-refractivity contribution in [3.8, 4) is 5.75 Å². The lowest BCUT2D eigenvalue weighted by Crippen LogP contribution is -2.50. The summed E-state index contributed by atoms with van der Waals surface area (Å²) in [7, 11) is 0. The Morgan fingerprint density at radius 1 is 1.42 bits per heavy atom. The summed E-state index contributed by atoms with van der Waals surface area (Å²) in [6, 6.07) is 5.05. The number of nitrogens with one attached hydrogen (secondary N) is 1. The Kier molecular flexibility index (Phi) is 5.81.